The van der Waals surface area contributed by atoms with Crippen LogP contribution in [0, 0.1) is 17.8 Å². The molecule has 1 heterocycles. The number of amides is 1. The predicted molar refractivity (Wildman–Crippen MR) is 79.1 cm³/mol. The number of nitrogens with one attached hydrogen (secondary N) is 1. The number of aromatic nitrogens is 1. The highest BCUT2D eigenvalue weighted by molar-refractivity contribution is 5.94. The molecule has 1 amide bonds. The summed E-state index contributed by atoms with van der Waals surface area (Å²) in [6, 6.07) is 1.97. The average molecular weight is 271 g/mol. The second kappa shape index (κ2) is 7.06. The third kappa shape index (κ3) is 3.82. The average Bonchev–Trinajstić information content (AvgIpc) is 2.99. The standard InChI is InChI=1S/C16H21N3O/c1-12(14-6-2-3-7-14)19-16(20)15-9-13(5-4-8-17)10-18-11-15/h9-12,14H,2-3,6-8,17H2,1H3,(H,19,20). The number of carbonyl (C=O) groups is 1. The van der Waals surface area contributed by atoms with Crippen molar-refractivity contribution in [2.45, 2.75) is 38.6 Å². The van der Waals surface area contributed by atoms with Crippen molar-refractivity contribution < 1.29 is 4.79 Å². The first-order chi connectivity index (χ1) is 9.70. The zero-order chi connectivity index (χ0) is 14.4. The van der Waals surface area contributed by atoms with E-state index in [-0.39, 0.29) is 11.9 Å². The summed E-state index contributed by atoms with van der Waals surface area (Å²) in [7, 11) is 0. The van der Waals surface area contributed by atoms with E-state index < -0.39 is 0 Å². The lowest BCUT2D eigenvalue weighted by Crippen LogP contribution is -2.37. The molecule has 1 aromatic heterocycles. The molecule has 4 heteroatoms. The fourth-order valence-corrected chi connectivity index (χ4v) is 2.65. The molecule has 106 valence electrons. The molecular weight excluding hydrogens is 250 g/mol. The van der Waals surface area contributed by atoms with E-state index in [1.807, 2.05) is 0 Å². The van der Waals surface area contributed by atoms with Gasteiger partial charge in [-0.15, -0.1) is 0 Å². The van der Waals surface area contributed by atoms with Crippen molar-refractivity contribution in [3.63, 3.8) is 0 Å². The Bertz CT molecular complexity index is 524. The first-order valence-corrected chi connectivity index (χ1v) is 7.15. The van der Waals surface area contributed by atoms with Gasteiger partial charge >= 0.3 is 0 Å². The molecule has 1 unspecified atom stereocenters. The van der Waals surface area contributed by atoms with Gasteiger partial charge < -0.3 is 11.1 Å². The van der Waals surface area contributed by atoms with Gasteiger partial charge in [0.25, 0.3) is 5.91 Å². The van der Waals surface area contributed by atoms with E-state index in [1.54, 1.807) is 18.5 Å². The lowest BCUT2D eigenvalue weighted by molar-refractivity contribution is 0.0927. The molecule has 0 spiro atoms. The summed E-state index contributed by atoms with van der Waals surface area (Å²) in [4.78, 5) is 16.3. The van der Waals surface area contributed by atoms with Crippen LogP contribution in [0.1, 0.15) is 48.5 Å². The van der Waals surface area contributed by atoms with Gasteiger partial charge in [-0.2, -0.15) is 0 Å². The summed E-state index contributed by atoms with van der Waals surface area (Å²) >= 11 is 0. The van der Waals surface area contributed by atoms with Gasteiger partial charge in [0.2, 0.25) is 0 Å². The topological polar surface area (TPSA) is 68.0 Å². The quantitative estimate of drug-likeness (QED) is 0.822. The van der Waals surface area contributed by atoms with Gasteiger partial charge in [0.05, 0.1) is 12.1 Å². The van der Waals surface area contributed by atoms with Crippen LogP contribution in [0.5, 0.6) is 0 Å². The zero-order valence-electron chi connectivity index (χ0n) is 11.9. The number of pyridine rings is 1. The monoisotopic (exact) mass is 271 g/mol. The van der Waals surface area contributed by atoms with Crippen LogP contribution in [-0.4, -0.2) is 23.5 Å². The number of hydrogen-bond donors (Lipinski definition) is 2. The molecule has 1 saturated carbocycles. The Balaban J connectivity index is 2.01. The van der Waals surface area contributed by atoms with E-state index in [0.29, 0.717) is 18.0 Å². The van der Waals surface area contributed by atoms with E-state index in [1.165, 1.54) is 25.7 Å². The van der Waals surface area contributed by atoms with Crippen LogP contribution in [0.2, 0.25) is 0 Å². The van der Waals surface area contributed by atoms with Gasteiger partial charge in [-0.1, -0.05) is 24.7 Å². The lowest BCUT2D eigenvalue weighted by atomic mass is 9.99. The molecule has 0 aromatic carbocycles. The van der Waals surface area contributed by atoms with Crippen LogP contribution in [0.15, 0.2) is 18.5 Å². The molecule has 2 rings (SSSR count). The van der Waals surface area contributed by atoms with Gasteiger partial charge in [-0.05, 0) is 31.7 Å². The van der Waals surface area contributed by atoms with Gasteiger partial charge in [0, 0.05) is 24.0 Å². The van der Waals surface area contributed by atoms with Crippen molar-refractivity contribution in [2.24, 2.45) is 11.7 Å². The Hall–Kier alpha value is -1.86. The molecule has 0 bridgehead atoms. The number of nitrogens with zero attached hydrogens (tertiary/aromatic N) is 1. The van der Waals surface area contributed by atoms with Crippen LogP contribution in [-0.2, 0) is 0 Å². The van der Waals surface area contributed by atoms with Crippen LogP contribution >= 0.6 is 0 Å². The molecule has 4 nitrogen and oxygen atoms in total. The fraction of sp³-hybridized carbons (Fsp3) is 0.500. The van der Waals surface area contributed by atoms with Gasteiger partial charge in [-0.3, -0.25) is 9.78 Å². The summed E-state index contributed by atoms with van der Waals surface area (Å²) in [6.07, 6.45) is 8.18. The van der Waals surface area contributed by atoms with Crippen molar-refractivity contribution in [2.75, 3.05) is 6.54 Å². The first-order valence-electron chi connectivity index (χ1n) is 7.15. The molecule has 1 aliphatic carbocycles. The molecular formula is C16H21N3O. The Labute approximate surface area is 120 Å². The van der Waals surface area contributed by atoms with E-state index in [2.05, 4.69) is 29.1 Å². The Morgan fingerprint density at radius 3 is 2.95 bits per heavy atom. The molecule has 1 atom stereocenters. The summed E-state index contributed by atoms with van der Waals surface area (Å²) in [5, 5.41) is 3.07. The number of nitrogens with two attached hydrogens (primary N) is 1. The molecule has 1 aromatic rings. The maximum atomic E-state index is 12.2. The zero-order valence-corrected chi connectivity index (χ0v) is 11.9. The molecule has 20 heavy (non-hydrogen) atoms. The highest BCUT2D eigenvalue weighted by Crippen LogP contribution is 2.27. The van der Waals surface area contributed by atoms with E-state index >= 15 is 0 Å². The molecule has 0 saturated heterocycles. The van der Waals surface area contributed by atoms with Gasteiger partial charge in [0.15, 0.2) is 0 Å². The minimum Gasteiger partial charge on any atom is -0.349 e. The Kier molecular flexibility index (Phi) is 5.14. The predicted octanol–water partition coefficient (Wildman–Crippen LogP) is 1.70. The number of carbonyl (C=O) groups excluding carboxylic acids is 1. The number of rotatable bonds is 3. The van der Waals surface area contributed by atoms with Gasteiger partial charge in [-0.25, -0.2) is 0 Å². The van der Waals surface area contributed by atoms with Crippen molar-refractivity contribution in [1.82, 2.24) is 10.3 Å². The lowest BCUT2D eigenvalue weighted by Gasteiger charge is -2.20. The first kappa shape index (κ1) is 14.5. The number of hydrogen-bond acceptors (Lipinski definition) is 3. The maximum Gasteiger partial charge on any atom is 0.253 e. The van der Waals surface area contributed by atoms with E-state index in [4.69, 9.17) is 5.73 Å². The Morgan fingerprint density at radius 2 is 2.25 bits per heavy atom. The summed E-state index contributed by atoms with van der Waals surface area (Å²) in [6.45, 7) is 2.38. The minimum absolute atomic E-state index is 0.0756. The van der Waals surface area contributed by atoms with Crippen molar-refractivity contribution >= 4 is 5.91 Å². The third-order valence-corrected chi connectivity index (χ3v) is 3.80. The molecule has 1 fully saturated rings. The van der Waals surface area contributed by atoms with Crippen LogP contribution in [0.3, 0.4) is 0 Å². The molecule has 0 radical (unpaired) electrons. The fourth-order valence-electron chi connectivity index (χ4n) is 2.65. The van der Waals surface area contributed by atoms with Crippen LogP contribution in [0.4, 0.5) is 0 Å². The van der Waals surface area contributed by atoms with Crippen LogP contribution < -0.4 is 11.1 Å². The third-order valence-electron chi connectivity index (χ3n) is 3.80. The second-order valence-corrected chi connectivity index (χ2v) is 5.27. The van der Waals surface area contributed by atoms with Crippen molar-refractivity contribution in [1.29, 1.82) is 0 Å². The maximum absolute atomic E-state index is 12.2. The Morgan fingerprint density at radius 1 is 1.50 bits per heavy atom. The van der Waals surface area contributed by atoms with Crippen molar-refractivity contribution in [3.05, 3.63) is 29.6 Å². The minimum atomic E-state index is -0.0756. The van der Waals surface area contributed by atoms with Crippen molar-refractivity contribution in [3.8, 4) is 11.8 Å². The summed E-state index contributed by atoms with van der Waals surface area (Å²) in [5.41, 5.74) is 6.61. The van der Waals surface area contributed by atoms with Gasteiger partial charge in [0.1, 0.15) is 0 Å². The summed E-state index contributed by atoms with van der Waals surface area (Å²) in [5.74, 6) is 6.18. The van der Waals surface area contributed by atoms with E-state index in [9.17, 15) is 4.79 Å². The molecule has 1 aliphatic rings. The highest BCUT2D eigenvalue weighted by atomic mass is 16.1. The highest BCUT2D eigenvalue weighted by Gasteiger charge is 2.23. The molecule has 3 N–H and O–H groups in total. The van der Waals surface area contributed by atoms with E-state index in [0.717, 1.165) is 5.56 Å². The summed E-state index contributed by atoms with van der Waals surface area (Å²) < 4.78 is 0. The molecule has 0 aliphatic heterocycles. The largest absolute Gasteiger partial charge is 0.349 e. The normalized spacial score (nSPS) is 16.3. The smallest absolute Gasteiger partial charge is 0.253 e. The second-order valence-electron chi connectivity index (χ2n) is 5.27. The van der Waals surface area contributed by atoms with Crippen LogP contribution in [0.25, 0.3) is 0 Å². The SMILES string of the molecule is CC(NC(=O)c1cncc(C#CCN)c1)C1CCCC1.